The van der Waals surface area contributed by atoms with Crippen LogP contribution in [0.4, 0.5) is 16.2 Å². The first-order valence-corrected chi connectivity index (χ1v) is 11.4. The van der Waals surface area contributed by atoms with Crippen LogP contribution in [0.1, 0.15) is 24.0 Å². The zero-order valence-electron chi connectivity index (χ0n) is 18.8. The molecular weight excluding hydrogens is 400 g/mol. The second kappa shape index (κ2) is 10.5. The first kappa shape index (κ1) is 22.1. The summed E-state index contributed by atoms with van der Waals surface area (Å²) in [5, 5.41) is 15.8. The van der Waals surface area contributed by atoms with Crippen LogP contribution in [0, 0.1) is 11.3 Å². The Labute approximate surface area is 190 Å². The van der Waals surface area contributed by atoms with E-state index in [1.807, 2.05) is 36.2 Å². The Hall–Kier alpha value is -3.08. The average Bonchev–Trinajstić information content (AvgIpc) is 2.85. The standard InChI is InChI=1S/C25H32N6O/c1-29(24-8-4-21(5-9-24)19-30-16-12-27-13-17-30)25(32)31-14-10-23(11-15-31)28-22-6-2-20(18-26)3-7-22/h2-9,23,27-28H,10-17,19H2,1H3. The van der Waals surface area contributed by atoms with Gasteiger partial charge in [0.1, 0.15) is 0 Å². The van der Waals surface area contributed by atoms with Crippen LogP contribution in [-0.2, 0) is 6.54 Å². The molecule has 32 heavy (non-hydrogen) atoms. The lowest BCUT2D eigenvalue weighted by Gasteiger charge is -2.35. The van der Waals surface area contributed by atoms with Crippen molar-refractivity contribution in [3.05, 3.63) is 59.7 Å². The van der Waals surface area contributed by atoms with Crippen LogP contribution in [-0.4, -0.2) is 68.2 Å². The van der Waals surface area contributed by atoms with Crippen molar-refractivity contribution in [2.75, 3.05) is 56.5 Å². The number of urea groups is 1. The SMILES string of the molecule is CN(C(=O)N1CCC(Nc2ccc(C#N)cc2)CC1)c1ccc(CN2CCNCC2)cc1. The molecule has 7 heteroatoms. The third-order valence-electron chi connectivity index (χ3n) is 6.38. The van der Waals surface area contributed by atoms with E-state index in [9.17, 15) is 4.79 Å². The number of hydrogen-bond acceptors (Lipinski definition) is 5. The Morgan fingerprint density at radius 3 is 2.34 bits per heavy atom. The molecule has 2 aromatic rings. The maximum Gasteiger partial charge on any atom is 0.324 e. The highest BCUT2D eigenvalue weighted by molar-refractivity contribution is 5.91. The topological polar surface area (TPSA) is 74.6 Å². The molecule has 0 bridgehead atoms. The number of nitrogens with one attached hydrogen (secondary N) is 2. The number of piperazine rings is 1. The first-order chi connectivity index (χ1) is 15.6. The molecule has 2 heterocycles. The van der Waals surface area contributed by atoms with Crippen molar-refractivity contribution < 1.29 is 4.79 Å². The molecule has 4 rings (SSSR count). The quantitative estimate of drug-likeness (QED) is 0.760. The van der Waals surface area contributed by atoms with Crippen molar-refractivity contribution in [2.24, 2.45) is 0 Å². The predicted octanol–water partition coefficient (Wildman–Crippen LogP) is 3.10. The van der Waals surface area contributed by atoms with Crippen molar-refractivity contribution in [3.63, 3.8) is 0 Å². The number of likely N-dealkylation sites (tertiary alicyclic amines) is 1. The minimum Gasteiger partial charge on any atom is -0.382 e. The van der Waals surface area contributed by atoms with E-state index in [1.165, 1.54) is 5.56 Å². The molecule has 2 aliphatic rings. The van der Waals surface area contributed by atoms with Gasteiger partial charge in [-0.15, -0.1) is 0 Å². The fraction of sp³-hybridized carbons (Fsp3) is 0.440. The summed E-state index contributed by atoms with van der Waals surface area (Å²) in [6, 6.07) is 18.4. The Morgan fingerprint density at radius 2 is 1.72 bits per heavy atom. The summed E-state index contributed by atoms with van der Waals surface area (Å²) in [5.74, 6) is 0. The zero-order valence-corrected chi connectivity index (χ0v) is 18.8. The number of carbonyl (C=O) groups excluding carboxylic acids is 1. The molecule has 2 amide bonds. The largest absolute Gasteiger partial charge is 0.382 e. The first-order valence-electron chi connectivity index (χ1n) is 11.4. The summed E-state index contributed by atoms with van der Waals surface area (Å²) in [5.41, 5.74) is 3.89. The number of benzene rings is 2. The van der Waals surface area contributed by atoms with Gasteiger partial charge in [0.15, 0.2) is 0 Å². The zero-order chi connectivity index (χ0) is 22.3. The fourth-order valence-corrected chi connectivity index (χ4v) is 4.37. The summed E-state index contributed by atoms with van der Waals surface area (Å²) < 4.78 is 0. The molecule has 0 saturated carbocycles. The minimum atomic E-state index is 0.0525. The van der Waals surface area contributed by atoms with Crippen LogP contribution < -0.4 is 15.5 Å². The molecule has 168 valence electrons. The van der Waals surface area contributed by atoms with Crippen LogP contribution in [0.5, 0.6) is 0 Å². The Morgan fingerprint density at radius 1 is 1.06 bits per heavy atom. The highest BCUT2D eigenvalue weighted by atomic mass is 16.2. The maximum atomic E-state index is 13.0. The molecule has 2 N–H and O–H groups in total. The summed E-state index contributed by atoms with van der Waals surface area (Å²) >= 11 is 0. The van der Waals surface area contributed by atoms with Gasteiger partial charge in [0, 0.05) is 70.3 Å². The van der Waals surface area contributed by atoms with Gasteiger partial charge < -0.3 is 15.5 Å². The van der Waals surface area contributed by atoms with Crippen LogP contribution in [0.15, 0.2) is 48.5 Å². The second-order valence-corrected chi connectivity index (χ2v) is 8.63. The highest BCUT2D eigenvalue weighted by Gasteiger charge is 2.25. The summed E-state index contributed by atoms with van der Waals surface area (Å²) in [6.45, 7) is 6.69. The molecule has 2 aromatic carbocycles. The van der Waals surface area contributed by atoms with Crippen LogP contribution in [0.2, 0.25) is 0 Å². The van der Waals surface area contributed by atoms with Crippen molar-refractivity contribution in [1.82, 2.24) is 15.1 Å². The maximum absolute atomic E-state index is 13.0. The van der Waals surface area contributed by atoms with Crippen molar-refractivity contribution >= 4 is 17.4 Å². The van der Waals surface area contributed by atoms with Crippen LogP contribution in [0.3, 0.4) is 0 Å². The number of carbonyl (C=O) groups is 1. The molecular formula is C25H32N6O. The third-order valence-corrected chi connectivity index (χ3v) is 6.38. The van der Waals surface area contributed by atoms with E-state index < -0.39 is 0 Å². The monoisotopic (exact) mass is 432 g/mol. The van der Waals surface area contributed by atoms with Gasteiger partial charge in [0.25, 0.3) is 0 Å². The van der Waals surface area contributed by atoms with Gasteiger partial charge >= 0.3 is 6.03 Å². The summed E-state index contributed by atoms with van der Waals surface area (Å²) in [7, 11) is 1.86. The molecule has 7 nitrogen and oxygen atoms in total. The van der Waals surface area contributed by atoms with Gasteiger partial charge in [-0.1, -0.05) is 12.1 Å². The molecule has 0 aromatic heterocycles. The van der Waals surface area contributed by atoms with E-state index in [-0.39, 0.29) is 6.03 Å². The average molecular weight is 433 g/mol. The van der Waals surface area contributed by atoms with E-state index >= 15 is 0 Å². The van der Waals surface area contributed by atoms with Crippen LogP contribution >= 0.6 is 0 Å². The van der Waals surface area contributed by atoms with Gasteiger partial charge in [0.05, 0.1) is 11.6 Å². The number of nitriles is 1. The lowest BCUT2D eigenvalue weighted by molar-refractivity contribution is 0.191. The Balaban J connectivity index is 1.26. The van der Waals surface area contributed by atoms with Gasteiger partial charge in [-0.3, -0.25) is 9.80 Å². The van der Waals surface area contributed by atoms with Gasteiger partial charge in [-0.25, -0.2) is 4.79 Å². The number of nitrogens with zero attached hydrogens (tertiary/aromatic N) is 4. The van der Waals surface area contributed by atoms with E-state index in [0.717, 1.165) is 70.0 Å². The smallest absolute Gasteiger partial charge is 0.324 e. The second-order valence-electron chi connectivity index (χ2n) is 8.63. The number of hydrogen-bond donors (Lipinski definition) is 2. The number of amides is 2. The van der Waals surface area contributed by atoms with Gasteiger partial charge in [-0.05, 0) is 54.8 Å². The molecule has 0 radical (unpaired) electrons. The Kier molecular flexibility index (Phi) is 7.25. The molecule has 0 atom stereocenters. The van der Waals surface area contributed by atoms with Gasteiger partial charge in [-0.2, -0.15) is 5.26 Å². The van der Waals surface area contributed by atoms with E-state index in [2.05, 4.69) is 45.9 Å². The number of piperidine rings is 1. The minimum absolute atomic E-state index is 0.0525. The highest BCUT2D eigenvalue weighted by Crippen LogP contribution is 2.21. The van der Waals surface area contributed by atoms with E-state index in [1.54, 1.807) is 4.90 Å². The van der Waals surface area contributed by atoms with Crippen molar-refractivity contribution in [2.45, 2.75) is 25.4 Å². The van der Waals surface area contributed by atoms with Crippen LogP contribution in [0.25, 0.3) is 0 Å². The fourth-order valence-electron chi connectivity index (χ4n) is 4.37. The molecule has 0 unspecified atom stereocenters. The molecule has 2 fully saturated rings. The van der Waals surface area contributed by atoms with Crippen molar-refractivity contribution in [3.8, 4) is 6.07 Å². The molecule has 2 aliphatic heterocycles. The predicted molar refractivity (Wildman–Crippen MR) is 128 cm³/mol. The molecule has 0 aliphatic carbocycles. The van der Waals surface area contributed by atoms with Gasteiger partial charge in [0.2, 0.25) is 0 Å². The normalized spacial score (nSPS) is 17.6. The van der Waals surface area contributed by atoms with E-state index in [4.69, 9.17) is 5.26 Å². The lowest BCUT2D eigenvalue weighted by atomic mass is 10.0. The summed E-state index contributed by atoms with van der Waals surface area (Å²) in [6.07, 6.45) is 1.81. The number of anilines is 2. The Bertz CT molecular complexity index is 922. The molecule has 2 saturated heterocycles. The summed E-state index contributed by atoms with van der Waals surface area (Å²) in [4.78, 5) is 19.2. The van der Waals surface area contributed by atoms with E-state index in [0.29, 0.717) is 11.6 Å². The molecule has 0 spiro atoms. The third kappa shape index (κ3) is 5.58. The van der Waals surface area contributed by atoms with Crippen molar-refractivity contribution in [1.29, 1.82) is 5.26 Å². The lowest BCUT2D eigenvalue weighted by Crippen LogP contribution is -2.47. The number of rotatable bonds is 5.